The molecule has 3 rings (SSSR count). The highest BCUT2D eigenvalue weighted by molar-refractivity contribution is 6.31. The molecule has 10 heteroatoms. The number of nitrogens with zero attached hydrogens (tertiary/aromatic N) is 4. The number of amides is 1. The van der Waals surface area contributed by atoms with Crippen molar-refractivity contribution < 1.29 is 19.1 Å². The Balaban J connectivity index is 1.88. The monoisotopic (exact) mass is 405 g/mol. The van der Waals surface area contributed by atoms with Gasteiger partial charge in [-0.25, -0.2) is 9.18 Å². The van der Waals surface area contributed by atoms with Gasteiger partial charge in [0.05, 0.1) is 29.2 Å². The molecule has 2 heterocycles. The van der Waals surface area contributed by atoms with Crippen molar-refractivity contribution in [3.8, 4) is 0 Å². The fraction of sp³-hybridized carbons (Fsp3) is 0.222. The number of carbonyl (C=O) groups is 2. The van der Waals surface area contributed by atoms with Crippen LogP contribution in [0.4, 0.5) is 10.1 Å². The maximum atomic E-state index is 13.2. The van der Waals surface area contributed by atoms with Crippen LogP contribution in [0.1, 0.15) is 37.8 Å². The summed E-state index contributed by atoms with van der Waals surface area (Å²) in [6, 6.07) is 4.10. The molecule has 0 spiro atoms. The summed E-state index contributed by atoms with van der Waals surface area (Å²) in [6.45, 7) is 3.76. The van der Waals surface area contributed by atoms with Crippen LogP contribution < -0.4 is 5.32 Å². The van der Waals surface area contributed by atoms with Crippen LogP contribution in [0.5, 0.6) is 0 Å². The number of nitrogens with one attached hydrogen (secondary N) is 1. The predicted octanol–water partition coefficient (Wildman–Crippen LogP) is 3.02. The summed E-state index contributed by atoms with van der Waals surface area (Å²) >= 11 is 6.08. The molecule has 2 aromatic heterocycles. The van der Waals surface area contributed by atoms with Crippen molar-refractivity contribution in [1.29, 1.82) is 0 Å². The molecule has 0 aliphatic carbocycles. The molecule has 0 unspecified atom stereocenters. The lowest BCUT2D eigenvalue weighted by molar-refractivity contribution is 0.0685. The number of rotatable bonds is 5. The zero-order valence-corrected chi connectivity index (χ0v) is 16.1. The van der Waals surface area contributed by atoms with Gasteiger partial charge in [0.2, 0.25) is 0 Å². The molecular formula is C18H17ClFN5O3. The van der Waals surface area contributed by atoms with E-state index in [2.05, 4.69) is 15.5 Å². The lowest BCUT2D eigenvalue weighted by Gasteiger charge is -2.08. The SMILES string of the molecule is Cc1nn(Cc2ccc(F)cc2Cl)c(C)c1NC(=O)c1cn(C)nc1C(=O)O. The Morgan fingerprint density at radius 3 is 2.64 bits per heavy atom. The lowest BCUT2D eigenvalue weighted by atomic mass is 10.2. The average molecular weight is 406 g/mol. The molecule has 28 heavy (non-hydrogen) atoms. The molecule has 8 nitrogen and oxygen atoms in total. The molecular weight excluding hydrogens is 389 g/mol. The summed E-state index contributed by atoms with van der Waals surface area (Å²) in [4.78, 5) is 23.9. The Bertz CT molecular complexity index is 1090. The Labute approximate surface area is 164 Å². The number of halogens is 2. The molecule has 0 fully saturated rings. The molecule has 1 amide bonds. The molecule has 0 atom stereocenters. The van der Waals surface area contributed by atoms with Gasteiger partial charge >= 0.3 is 5.97 Å². The highest BCUT2D eigenvalue weighted by Crippen LogP contribution is 2.24. The molecule has 2 N–H and O–H groups in total. The standard InChI is InChI=1S/C18H17ClFN5O3/c1-9-15(21-17(26)13-8-24(3)23-16(13)18(27)28)10(2)25(22-9)7-11-4-5-12(20)6-14(11)19/h4-6,8H,7H2,1-3H3,(H,21,26)(H,27,28). The van der Waals surface area contributed by atoms with E-state index in [0.717, 1.165) is 0 Å². The van der Waals surface area contributed by atoms with E-state index in [9.17, 15) is 19.1 Å². The third kappa shape index (κ3) is 3.74. The largest absolute Gasteiger partial charge is 0.476 e. The number of carbonyl (C=O) groups excluding carboxylic acids is 1. The van der Waals surface area contributed by atoms with Gasteiger partial charge in [0.15, 0.2) is 5.69 Å². The minimum absolute atomic E-state index is 0.0527. The minimum atomic E-state index is -1.29. The number of carboxylic acid groups (broad SMARTS) is 1. The molecule has 1 aromatic carbocycles. The predicted molar refractivity (Wildman–Crippen MR) is 100 cm³/mol. The molecule has 0 radical (unpaired) electrons. The van der Waals surface area contributed by atoms with Crippen molar-refractivity contribution >= 4 is 29.2 Å². The van der Waals surface area contributed by atoms with Gasteiger partial charge in [-0.1, -0.05) is 17.7 Å². The maximum Gasteiger partial charge on any atom is 0.357 e. The molecule has 3 aromatic rings. The van der Waals surface area contributed by atoms with Crippen LogP contribution in [0.2, 0.25) is 5.02 Å². The summed E-state index contributed by atoms with van der Waals surface area (Å²) in [5.41, 5.74) is 1.94. The molecule has 0 aliphatic rings. The zero-order valence-electron chi connectivity index (χ0n) is 15.3. The van der Waals surface area contributed by atoms with Gasteiger partial charge in [0.25, 0.3) is 5.91 Å². The Morgan fingerprint density at radius 2 is 2.00 bits per heavy atom. The number of anilines is 1. The normalized spacial score (nSPS) is 10.9. The van der Waals surface area contributed by atoms with Gasteiger partial charge < -0.3 is 10.4 Å². The van der Waals surface area contributed by atoms with E-state index in [-0.39, 0.29) is 22.8 Å². The number of carboxylic acids is 1. The second-order valence-electron chi connectivity index (χ2n) is 6.26. The van der Waals surface area contributed by atoms with Gasteiger partial charge in [0.1, 0.15) is 5.82 Å². The number of hydrogen-bond acceptors (Lipinski definition) is 4. The van der Waals surface area contributed by atoms with E-state index in [4.69, 9.17) is 11.6 Å². The Kier molecular flexibility index (Phi) is 5.19. The smallest absolute Gasteiger partial charge is 0.357 e. The highest BCUT2D eigenvalue weighted by atomic mass is 35.5. The number of benzene rings is 1. The summed E-state index contributed by atoms with van der Waals surface area (Å²) in [5.74, 6) is -2.32. The topological polar surface area (TPSA) is 102 Å². The van der Waals surface area contributed by atoms with Crippen molar-refractivity contribution in [1.82, 2.24) is 19.6 Å². The summed E-state index contributed by atoms with van der Waals surface area (Å²) in [6.07, 6.45) is 1.34. The molecule has 0 aliphatic heterocycles. The van der Waals surface area contributed by atoms with Gasteiger partial charge in [-0.3, -0.25) is 14.2 Å². The third-order valence-electron chi connectivity index (χ3n) is 4.23. The minimum Gasteiger partial charge on any atom is -0.476 e. The second-order valence-corrected chi connectivity index (χ2v) is 6.67. The molecule has 0 saturated carbocycles. The number of hydrogen-bond donors (Lipinski definition) is 2. The van der Waals surface area contributed by atoms with Gasteiger partial charge in [0, 0.05) is 18.3 Å². The fourth-order valence-corrected chi connectivity index (χ4v) is 3.06. The van der Waals surface area contributed by atoms with Crippen LogP contribution in [-0.4, -0.2) is 36.5 Å². The van der Waals surface area contributed by atoms with E-state index in [1.54, 1.807) is 24.6 Å². The first-order valence-corrected chi connectivity index (χ1v) is 8.61. The van der Waals surface area contributed by atoms with Crippen molar-refractivity contribution in [2.24, 2.45) is 7.05 Å². The van der Waals surface area contributed by atoms with E-state index < -0.39 is 17.7 Å². The highest BCUT2D eigenvalue weighted by Gasteiger charge is 2.23. The summed E-state index contributed by atoms with van der Waals surface area (Å²) in [7, 11) is 1.53. The van der Waals surface area contributed by atoms with E-state index in [1.165, 1.54) is 30.1 Å². The first-order chi connectivity index (χ1) is 13.2. The number of aryl methyl sites for hydroxylation is 2. The quantitative estimate of drug-likeness (QED) is 0.679. The molecule has 146 valence electrons. The fourth-order valence-electron chi connectivity index (χ4n) is 2.84. The maximum absolute atomic E-state index is 13.2. The van der Waals surface area contributed by atoms with Crippen molar-refractivity contribution in [2.45, 2.75) is 20.4 Å². The Hall–Kier alpha value is -3.20. The average Bonchev–Trinajstić information content (AvgIpc) is 3.13. The van der Waals surface area contributed by atoms with Crippen LogP contribution in [0, 0.1) is 19.7 Å². The molecule has 0 saturated heterocycles. The lowest BCUT2D eigenvalue weighted by Crippen LogP contribution is -2.16. The summed E-state index contributed by atoms with van der Waals surface area (Å²) in [5, 5.41) is 20.4. The van der Waals surface area contributed by atoms with Gasteiger partial charge in [-0.05, 0) is 31.5 Å². The number of aromatic carboxylic acids is 1. The van der Waals surface area contributed by atoms with Crippen molar-refractivity contribution in [3.05, 3.63) is 63.4 Å². The summed E-state index contributed by atoms with van der Waals surface area (Å²) < 4.78 is 16.1. The molecule has 0 bridgehead atoms. The van der Waals surface area contributed by atoms with E-state index in [0.29, 0.717) is 22.6 Å². The van der Waals surface area contributed by atoms with Crippen LogP contribution in [-0.2, 0) is 13.6 Å². The van der Waals surface area contributed by atoms with Crippen molar-refractivity contribution in [2.75, 3.05) is 5.32 Å². The Morgan fingerprint density at radius 1 is 1.29 bits per heavy atom. The van der Waals surface area contributed by atoms with E-state index >= 15 is 0 Å². The number of aromatic nitrogens is 4. The van der Waals surface area contributed by atoms with Crippen molar-refractivity contribution in [3.63, 3.8) is 0 Å². The van der Waals surface area contributed by atoms with Crippen LogP contribution in [0.15, 0.2) is 24.4 Å². The van der Waals surface area contributed by atoms with Crippen LogP contribution >= 0.6 is 11.6 Å². The van der Waals surface area contributed by atoms with Crippen LogP contribution in [0.25, 0.3) is 0 Å². The van der Waals surface area contributed by atoms with Gasteiger partial charge in [-0.15, -0.1) is 0 Å². The third-order valence-corrected chi connectivity index (χ3v) is 4.58. The first kappa shape index (κ1) is 19.6. The van der Waals surface area contributed by atoms with Gasteiger partial charge in [-0.2, -0.15) is 10.2 Å². The second kappa shape index (κ2) is 7.43. The van der Waals surface area contributed by atoms with Crippen LogP contribution in [0.3, 0.4) is 0 Å². The first-order valence-electron chi connectivity index (χ1n) is 8.23. The van der Waals surface area contributed by atoms with E-state index in [1.807, 2.05) is 0 Å². The zero-order chi connectivity index (χ0) is 20.6.